The van der Waals surface area contributed by atoms with Crippen LogP contribution in [0.1, 0.15) is 0 Å². The predicted molar refractivity (Wildman–Crippen MR) is 140 cm³/mol. The van der Waals surface area contributed by atoms with E-state index in [0.29, 0.717) is 0 Å². The van der Waals surface area contributed by atoms with Crippen molar-refractivity contribution in [1.82, 2.24) is 0 Å². The number of rotatable bonds is 7. The highest BCUT2D eigenvalue weighted by Gasteiger charge is 2.51. The lowest BCUT2D eigenvalue weighted by Gasteiger charge is -2.45. The van der Waals surface area contributed by atoms with Crippen molar-refractivity contribution in [2.45, 2.75) is 61.4 Å². The normalized spacial score (nSPS) is 33.0. The van der Waals surface area contributed by atoms with E-state index in [2.05, 4.69) is 0 Å². The number of benzene rings is 2. The zero-order chi connectivity index (χ0) is 31.2. The number of hydrogen-bond acceptors (Lipinski definition) is 15. The van der Waals surface area contributed by atoms with Crippen LogP contribution in [0.25, 0.3) is 22.3 Å². The lowest BCUT2D eigenvalue weighted by Crippen LogP contribution is -2.65. The van der Waals surface area contributed by atoms with Gasteiger partial charge in [0.1, 0.15) is 59.6 Å². The van der Waals surface area contributed by atoms with Gasteiger partial charge in [0.25, 0.3) is 0 Å². The number of hydrogen-bond donors (Lipinski definition) is 11. The van der Waals surface area contributed by atoms with Gasteiger partial charge in [-0.3, -0.25) is 0 Å². The number of aliphatic hydroxyl groups is 7. The third-order valence-corrected chi connectivity index (χ3v) is 7.26. The summed E-state index contributed by atoms with van der Waals surface area (Å²) in [5.74, 6) is -2.13. The van der Waals surface area contributed by atoms with Crippen LogP contribution >= 0.6 is 0 Å². The van der Waals surface area contributed by atoms with Gasteiger partial charge in [-0.15, -0.1) is 0 Å². The Morgan fingerprint density at radius 3 is 1.98 bits per heavy atom. The molecule has 2 saturated heterocycles. The van der Waals surface area contributed by atoms with Crippen molar-refractivity contribution in [3.05, 3.63) is 36.4 Å². The highest BCUT2D eigenvalue weighted by Crippen LogP contribution is 2.42. The Morgan fingerprint density at radius 2 is 1.33 bits per heavy atom. The monoisotopic (exact) mass is 611 g/mol. The molecule has 2 aliphatic rings. The SMILES string of the molecule is OC[C@H]1O[C@@H](O[C@H]2[C@H](Oc3cc4c(O)cc(O)cc4[o+]c3-c3ccc(O)c(O)c3)O[C@H](CO)[C@@H](O)[C@@H]2O)[C@H](O)[C@@H](O)[C@H]1O. The molecule has 2 aromatic carbocycles. The van der Waals surface area contributed by atoms with Crippen LogP contribution in [0.4, 0.5) is 0 Å². The molecule has 16 nitrogen and oxygen atoms in total. The van der Waals surface area contributed by atoms with Crippen molar-refractivity contribution < 1.29 is 79.5 Å². The van der Waals surface area contributed by atoms with Crippen molar-refractivity contribution in [2.75, 3.05) is 13.2 Å². The Balaban J connectivity index is 1.57. The van der Waals surface area contributed by atoms with Crippen LogP contribution in [-0.4, -0.2) is 131 Å². The third-order valence-electron chi connectivity index (χ3n) is 7.26. The molecule has 5 rings (SSSR count). The predicted octanol–water partition coefficient (Wildman–Crippen LogP) is -1.79. The Labute approximate surface area is 242 Å². The molecular formula is C27H31O16+. The van der Waals surface area contributed by atoms with Crippen molar-refractivity contribution in [1.29, 1.82) is 0 Å². The van der Waals surface area contributed by atoms with Gasteiger partial charge in [0.05, 0.1) is 24.8 Å². The molecule has 0 amide bonds. The molecule has 234 valence electrons. The number of ether oxygens (including phenoxy) is 4. The first-order valence-electron chi connectivity index (χ1n) is 13.0. The number of phenolic OH excluding ortho intramolecular Hbond substituents is 4. The van der Waals surface area contributed by atoms with Crippen molar-refractivity contribution >= 4 is 11.0 Å². The summed E-state index contributed by atoms with van der Waals surface area (Å²) in [7, 11) is 0. The van der Waals surface area contributed by atoms with Gasteiger partial charge in [0.15, 0.2) is 23.9 Å². The van der Waals surface area contributed by atoms with E-state index in [1.165, 1.54) is 18.2 Å². The minimum absolute atomic E-state index is 0.0288. The van der Waals surface area contributed by atoms with E-state index in [9.17, 15) is 56.2 Å². The first kappa shape index (κ1) is 30.9. The van der Waals surface area contributed by atoms with Crippen LogP contribution in [0.15, 0.2) is 40.8 Å². The number of phenols is 4. The number of fused-ring (bicyclic) bond motifs is 1. The van der Waals surface area contributed by atoms with Crippen LogP contribution in [0.2, 0.25) is 0 Å². The van der Waals surface area contributed by atoms with Crippen LogP contribution in [0.5, 0.6) is 28.7 Å². The van der Waals surface area contributed by atoms with Gasteiger partial charge in [0, 0.05) is 18.2 Å². The van der Waals surface area contributed by atoms with Gasteiger partial charge in [-0.25, -0.2) is 4.42 Å². The third kappa shape index (κ3) is 5.85. The molecule has 2 fully saturated rings. The first-order valence-corrected chi connectivity index (χ1v) is 13.0. The molecule has 0 spiro atoms. The summed E-state index contributed by atoms with van der Waals surface area (Å²) >= 11 is 0. The summed E-state index contributed by atoms with van der Waals surface area (Å²) in [4.78, 5) is 0. The molecule has 3 heterocycles. The van der Waals surface area contributed by atoms with Crippen molar-refractivity contribution in [3.63, 3.8) is 0 Å². The maximum atomic E-state index is 10.9. The van der Waals surface area contributed by atoms with Gasteiger partial charge < -0.3 is 75.1 Å². The van der Waals surface area contributed by atoms with Crippen LogP contribution in [0.3, 0.4) is 0 Å². The zero-order valence-electron chi connectivity index (χ0n) is 22.1. The second-order valence-electron chi connectivity index (χ2n) is 10.1. The van der Waals surface area contributed by atoms with E-state index >= 15 is 0 Å². The molecule has 0 unspecified atom stereocenters. The van der Waals surface area contributed by atoms with Gasteiger partial charge in [-0.2, -0.15) is 0 Å². The van der Waals surface area contributed by atoms with E-state index in [-0.39, 0.29) is 33.8 Å². The molecular weight excluding hydrogens is 580 g/mol. The zero-order valence-corrected chi connectivity index (χ0v) is 22.1. The molecule has 0 bridgehead atoms. The molecule has 1 aromatic heterocycles. The number of aromatic hydroxyl groups is 4. The summed E-state index contributed by atoms with van der Waals surface area (Å²) in [6.45, 7) is -1.56. The molecule has 2 aliphatic heterocycles. The highest BCUT2D eigenvalue weighted by molar-refractivity contribution is 5.88. The van der Waals surface area contributed by atoms with E-state index in [0.717, 1.165) is 18.2 Å². The van der Waals surface area contributed by atoms with Crippen LogP contribution in [-0.2, 0) is 14.2 Å². The first-order chi connectivity index (χ1) is 20.4. The fourth-order valence-corrected chi connectivity index (χ4v) is 4.89. The Hall–Kier alpha value is -3.55. The lowest BCUT2D eigenvalue weighted by atomic mass is 9.97. The molecule has 11 N–H and O–H groups in total. The minimum atomic E-state index is -1.89. The average Bonchev–Trinajstić information content (AvgIpc) is 2.98. The van der Waals surface area contributed by atoms with Gasteiger partial charge in [0.2, 0.25) is 12.0 Å². The van der Waals surface area contributed by atoms with Gasteiger partial charge in [-0.05, 0) is 12.1 Å². The molecule has 0 saturated carbocycles. The molecule has 10 atom stereocenters. The fraction of sp³-hybridized carbons (Fsp3) is 0.444. The Kier molecular flexibility index (Phi) is 8.77. The quantitative estimate of drug-likeness (QED) is 0.104. The van der Waals surface area contributed by atoms with Crippen molar-refractivity contribution in [2.24, 2.45) is 0 Å². The van der Waals surface area contributed by atoms with Crippen LogP contribution < -0.4 is 4.74 Å². The van der Waals surface area contributed by atoms with Crippen LogP contribution in [0, 0.1) is 0 Å². The smallest absolute Gasteiger partial charge is 0.402 e. The van der Waals surface area contributed by atoms with Gasteiger partial charge >= 0.3 is 11.3 Å². The molecule has 0 aliphatic carbocycles. The van der Waals surface area contributed by atoms with Gasteiger partial charge in [-0.1, -0.05) is 0 Å². The topological polar surface area (TPSA) is 271 Å². The van der Waals surface area contributed by atoms with E-state index in [4.69, 9.17) is 23.4 Å². The van der Waals surface area contributed by atoms with Crippen molar-refractivity contribution in [3.8, 4) is 40.1 Å². The fourth-order valence-electron chi connectivity index (χ4n) is 4.89. The number of aliphatic hydroxyl groups excluding tert-OH is 7. The minimum Gasteiger partial charge on any atom is -0.507 e. The lowest BCUT2D eigenvalue weighted by molar-refractivity contribution is -0.357. The summed E-state index contributed by atoms with van der Waals surface area (Å²) in [5.41, 5.74) is 0.0892. The van der Waals surface area contributed by atoms with E-state index < -0.39 is 91.9 Å². The van der Waals surface area contributed by atoms with E-state index in [1.54, 1.807) is 0 Å². The summed E-state index contributed by atoms with van der Waals surface area (Å²) in [5, 5.41) is 112. The molecule has 3 aromatic rings. The maximum absolute atomic E-state index is 10.9. The standard InChI is InChI=1S/C27H30O16/c28-7-17-19(34)21(36)23(38)26(41-17)43-25-22(37)20(35)18(8-29)42-27(25)40-16-6-11-13(32)4-10(30)5-15(11)39-24(16)9-1-2-12(31)14(33)3-9/h1-6,17-23,25-29,34-38H,7-8H2,(H3-,30,31,32,33)/p+1/t17-,18-,19+,20-,21+,22+,23-,25-,26+,27-/m1/s1. The Bertz CT molecular complexity index is 1450. The summed E-state index contributed by atoms with van der Waals surface area (Å²) < 4.78 is 28.6. The summed E-state index contributed by atoms with van der Waals surface area (Å²) in [6, 6.07) is 7.08. The highest BCUT2D eigenvalue weighted by atomic mass is 16.8. The second-order valence-corrected chi connectivity index (χ2v) is 10.1. The molecule has 0 radical (unpaired) electrons. The van der Waals surface area contributed by atoms with E-state index in [1.807, 2.05) is 0 Å². The largest absolute Gasteiger partial charge is 0.507 e. The average molecular weight is 612 g/mol. The summed E-state index contributed by atoms with van der Waals surface area (Å²) in [6.07, 6.45) is -17.1. The molecule has 43 heavy (non-hydrogen) atoms. The maximum Gasteiger partial charge on any atom is 0.402 e. The Morgan fingerprint density at radius 1 is 0.674 bits per heavy atom. The molecule has 16 heteroatoms. The second kappa shape index (κ2) is 12.2.